The van der Waals surface area contributed by atoms with Crippen LogP contribution in [-0.4, -0.2) is 54.5 Å². The number of carbonyl (C=O) groups excluding carboxylic acids is 2. The van der Waals surface area contributed by atoms with Crippen molar-refractivity contribution in [3.63, 3.8) is 0 Å². The van der Waals surface area contributed by atoms with Crippen molar-refractivity contribution in [2.45, 2.75) is 29.7 Å². The highest BCUT2D eigenvalue weighted by Gasteiger charge is 2.63. The third-order valence-corrected chi connectivity index (χ3v) is 7.73. The number of thiocarbonyl (C=S) groups is 1. The quantitative estimate of drug-likeness (QED) is 0.553. The van der Waals surface area contributed by atoms with E-state index in [0.717, 1.165) is 4.90 Å². The molecule has 3 rings (SSSR count). The van der Waals surface area contributed by atoms with Crippen LogP contribution in [0.3, 0.4) is 0 Å². The number of thioether (sulfide) groups is 2. The standard InChI is InChI=1S/C12H14N2O4S3/c1-12(2)5-6(20-8-7(12)21-11(19)13-8)10(18)14(9(5)17)3-4(15)16/h5-8H,3H2,1-2H3,(H,13,19)(H,15,16)/t5-,6+,7+,8-/m1/s1. The van der Waals surface area contributed by atoms with E-state index in [2.05, 4.69) is 5.32 Å². The second-order valence-corrected chi connectivity index (χ2v) is 9.01. The zero-order valence-corrected chi connectivity index (χ0v) is 13.8. The highest BCUT2D eigenvalue weighted by atomic mass is 32.2. The van der Waals surface area contributed by atoms with E-state index in [-0.39, 0.29) is 16.5 Å². The fourth-order valence-corrected chi connectivity index (χ4v) is 7.10. The van der Waals surface area contributed by atoms with Gasteiger partial charge in [0.1, 0.15) is 10.9 Å². The van der Waals surface area contributed by atoms with Gasteiger partial charge in [0.05, 0.1) is 16.5 Å². The van der Waals surface area contributed by atoms with Gasteiger partial charge in [0, 0.05) is 5.25 Å². The Morgan fingerprint density at radius 1 is 1.43 bits per heavy atom. The van der Waals surface area contributed by atoms with Crippen LogP contribution < -0.4 is 5.32 Å². The molecule has 3 aliphatic rings. The fourth-order valence-electron chi connectivity index (χ4n) is 3.22. The molecule has 3 heterocycles. The molecule has 0 spiro atoms. The van der Waals surface area contributed by atoms with Crippen molar-refractivity contribution in [3.8, 4) is 0 Å². The molecule has 2 N–H and O–H groups in total. The van der Waals surface area contributed by atoms with Crippen LogP contribution in [0.1, 0.15) is 13.8 Å². The number of hydrogen-bond acceptors (Lipinski definition) is 6. The van der Waals surface area contributed by atoms with Gasteiger partial charge in [0.25, 0.3) is 0 Å². The second kappa shape index (κ2) is 4.85. The SMILES string of the molecule is CC1(C)[C@H]2SC(=S)N[C@@H]2S[C@@H]2C(=O)N(CC(=O)O)C(=O)[C@@H]21. The molecule has 0 aromatic carbocycles. The minimum atomic E-state index is -1.17. The van der Waals surface area contributed by atoms with Gasteiger partial charge in [-0.05, 0) is 5.41 Å². The monoisotopic (exact) mass is 346 g/mol. The topological polar surface area (TPSA) is 86.7 Å². The molecule has 4 atom stereocenters. The predicted octanol–water partition coefficient (Wildman–Crippen LogP) is 0.514. The molecule has 0 radical (unpaired) electrons. The molecule has 3 saturated heterocycles. The van der Waals surface area contributed by atoms with Gasteiger partial charge in [-0.15, -0.1) is 11.8 Å². The first-order valence-electron chi connectivity index (χ1n) is 6.43. The summed E-state index contributed by atoms with van der Waals surface area (Å²) in [7, 11) is 0. The molecule has 6 nitrogen and oxygen atoms in total. The van der Waals surface area contributed by atoms with Crippen molar-refractivity contribution in [2.75, 3.05) is 6.54 Å². The number of rotatable bonds is 2. The summed E-state index contributed by atoms with van der Waals surface area (Å²) in [5.41, 5.74) is -0.432. The normalized spacial score (nSPS) is 37.2. The second-order valence-electron chi connectivity index (χ2n) is 5.90. The van der Waals surface area contributed by atoms with Gasteiger partial charge >= 0.3 is 5.97 Å². The Kier molecular flexibility index (Phi) is 3.49. The lowest BCUT2D eigenvalue weighted by molar-refractivity contribution is -0.149. The maximum atomic E-state index is 12.5. The number of amides is 2. The van der Waals surface area contributed by atoms with Gasteiger partial charge in [-0.1, -0.05) is 37.8 Å². The van der Waals surface area contributed by atoms with E-state index < -0.39 is 35.0 Å². The average molecular weight is 346 g/mol. The Morgan fingerprint density at radius 2 is 2.10 bits per heavy atom. The number of hydrogen-bond donors (Lipinski definition) is 2. The van der Waals surface area contributed by atoms with Crippen LogP contribution >= 0.6 is 35.7 Å². The van der Waals surface area contributed by atoms with E-state index >= 15 is 0 Å². The molecule has 21 heavy (non-hydrogen) atoms. The van der Waals surface area contributed by atoms with E-state index in [1.807, 2.05) is 13.8 Å². The lowest BCUT2D eigenvalue weighted by Gasteiger charge is -2.44. The molecule has 3 aliphatic heterocycles. The molecular weight excluding hydrogens is 332 g/mol. The number of aliphatic carboxylic acids is 1. The fraction of sp³-hybridized carbons (Fsp3) is 0.667. The Morgan fingerprint density at radius 3 is 2.71 bits per heavy atom. The van der Waals surface area contributed by atoms with Crippen molar-refractivity contribution in [2.24, 2.45) is 11.3 Å². The van der Waals surface area contributed by atoms with E-state index in [1.54, 1.807) is 0 Å². The van der Waals surface area contributed by atoms with Gasteiger partial charge in [0.15, 0.2) is 0 Å². The third kappa shape index (κ3) is 2.17. The van der Waals surface area contributed by atoms with Gasteiger partial charge in [-0.25, -0.2) is 0 Å². The van der Waals surface area contributed by atoms with Crippen LogP contribution in [0.5, 0.6) is 0 Å². The van der Waals surface area contributed by atoms with E-state index in [1.165, 1.54) is 23.5 Å². The summed E-state index contributed by atoms with van der Waals surface area (Å²) in [4.78, 5) is 36.7. The van der Waals surface area contributed by atoms with Gasteiger partial charge < -0.3 is 10.4 Å². The molecule has 0 unspecified atom stereocenters. The predicted molar refractivity (Wildman–Crippen MR) is 83.9 cm³/mol. The van der Waals surface area contributed by atoms with Crippen LogP contribution in [0, 0.1) is 11.3 Å². The molecule has 0 bridgehead atoms. The van der Waals surface area contributed by atoms with Gasteiger partial charge in [-0.3, -0.25) is 19.3 Å². The number of carboxylic acids is 1. The van der Waals surface area contributed by atoms with Crippen LogP contribution in [0.25, 0.3) is 0 Å². The van der Waals surface area contributed by atoms with Gasteiger partial charge in [-0.2, -0.15) is 0 Å². The summed E-state index contributed by atoms with van der Waals surface area (Å²) in [6.07, 6.45) is 0. The highest BCUT2D eigenvalue weighted by Crippen LogP contribution is 2.56. The molecule has 0 aliphatic carbocycles. The van der Waals surface area contributed by atoms with Crippen LogP contribution in [0.15, 0.2) is 0 Å². The first kappa shape index (κ1) is 15.1. The Balaban J connectivity index is 1.95. The number of imide groups is 1. The Bertz CT molecular complexity index is 565. The molecule has 114 valence electrons. The summed E-state index contributed by atoms with van der Waals surface area (Å²) in [6, 6.07) is 0. The van der Waals surface area contributed by atoms with Gasteiger partial charge in [0.2, 0.25) is 11.8 Å². The first-order chi connectivity index (χ1) is 9.73. The molecule has 0 saturated carbocycles. The lowest BCUT2D eigenvalue weighted by atomic mass is 9.74. The summed E-state index contributed by atoms with van der Waals surface area (Å²) in [6.45, 7) is 3.36. The van der Waals surface area contributed by atoms with Crippen LogP contribution in [0.2, 0.25) is 0 Å². The van der Waals surface area contributed by atoms with Crippen molar-refractivity contribution >= 4 is 57.8 Å². The zero-order chi connectivity index (χ0) is 15.5. The minimum Gasteiger partial charge on any atom is -0.480 e. The molecule has 0 aromatic rings. The Labute approximate surface area is 135 Å². The molecule has 9 heteroatoms. The van der Waals surface area contributed by atoms with Crippen molar-refractivity contribution in [1.29, 1.82) is 0 Å². The maximum absolute atomic E-state index is 12.5. The smallest absolute Gasteiger partial charge is 0.323 e. The summed E-state index contributed by atoms with van der Waals surface area (Å²) >= 11 is 8.11. The molecular formula is C12H14N2O4S3. The van der Waals surface area contributed by atoms with E-state index in [4.69, 9.17) is 17.3 Å². The van der Waals surface area contributed by atoms with Crippen LogP contribution in [-0.2, 0) is 14.4 Å². The summed E-state index contributed by atoms with van der Waals surface area (Å²) < 4.78 is 0.688. The van der Waals surface area contributed by atoms with E-state index in [0.29, 0.717) is 4.32 Å². The number of fused-ring (bicyclic) bond motifs is 2. The molecule has 0 aromatic heterocycles. The van der Waals surface area contributed by atoms with Crippen molar-refractivity contribution < 1.29 is 19.5 Å². The largest absolute Gasteiger partial charge is 0.480 e. The number of carboxylic acid groups (broad SMARTS) is 1. The molecule has 2 amide bonds. The van der Waals surface area contributed by atoms with Crippen LogP contribution in [0.4, 0.5) is 0 Å². The number of carbonyl (C=O) groups is 3. The maximum Gasteiger partial charge on any atom is 0.323 e. The number of likely N-dealkylation sites (tertiary alicyclic amines) is 1. The third-order valence-electron chi connectivity index (χ3n) is 4.23. The Hall–Kier alpha value is -0.800. The lowest BCUT2D eigenvalue weighted by Crippen LogP contribution is -2.52. The highest BCUT2D eigenvalue weighted by molar-refractivity contribution is 8.24. The van der Waals surface area contributed by atoms with Crippen molar-refractivity contribution in [1.82, 2.24) is 10.2 Å². The summed E-state index contributed by atoms with van der Waals surface area (Å²) in [5.74, 6) is -2.44. The first-order valence-corrected chi connectivity index (χ1v) is 8.66. The average Bonchev–Trinajstić information content (AvgIpc) is 2.84. The zero-order valence-electron chi connectivity index (χ0n) is 11.4. The summed E-state index contributed by atoms with van der Waals surface area (Å²) in [5, 5.41) is 11.6. The number of nitrogens with zero attached hydrogens (tertiary/aromatic N) is 1. The minimum absolute atomic E-state index is 0.0136. The number of nitrogens with one attached hydrogen (secondary N) is 1. The van der Waals surface area contributed by atoms with E-state index in [9.17, 15) is 14.4 Å². The van der Waals surface area contributed by atoms with Crippen molar-refractivity contribution in [3.05, 3.63) is 0 Å². The molecule has 3 fully saturated rings.